The second-order valence-corrected chi connectivity index (χ2v) is 4.01. The first-order valence-electron chi connectivity index (χ1n) is 5.66. The van der Waals surface area contributed by atoms with E-state index in [4.69, 9.17) is 14.9 Å². The number of nitrogens with zero attached hydrogens (tertiary/aromatic N) is 1. The highest BCUT2D eigenvalue weighted by Gasteiger charge is 2.18. The van der Waals surface area contributed by atoms with Crippen molar-refractivity contribution in [1.29, 1.82) is 0 Å². The van der Waals surface area contributed by atoms with Crippen LogP contribution in [0.15, 0.2) is 16.7 Å². The number of furan rings is 1. The molecule has 17 heavy (non-hydrogen) atoms. The summed E-state index contributed by atoms with van der Waals surface area (Å²) >= 11 is 0. The molecule has 1 aromatic heterocycles. The van der Waals surface area contributed by atoms with E-state index in [9.17, 15) is 4.79 Å². The van der Waals surface area contributed by atoms with Crippen molar-refractivity contribution in [2.24, 2.45) is 5.73 Å². The van der Waals surface area contributed by atoms with E-state index in [2.05, 4.69) is 0 Å². The highest BCUT2D eigenvalue weighted by Crippen LogP contribution is 2.13. The number of methoxy groups -OCH3 is 1. The number of aryl methyl sites for hydroxylation is 1. The monoisotopic (exact) mass is 240 g/mol. The van der Waals surface area contributed by atoms with Crippen LogP contribution in [0, 0.1) is 0 Å². The van der Waals surface area contributed by atoms with Gasteiger partial charge < -0.3 is 19.8 Å². The molecule has 96 valence electrons. The van der Waals surface area contributed by atoms with Gasteiger partial charge in [-0.3, -0.25) is 4.79 Å². The number of hydrogen-bond donors (Lipinski definition) is 1. The molecule has 1 atom stereocenters. The molecule has 1 heterocycles. The highest BCUT2D eigenvalue weighted by molar-refractivity contribution is 5.95. The van der Waals surface area contributed by atoms with E-state index in [1.54, 1.807) is 25.1 Å². The van der Waals surface area contributed by atoms with Crippen LogP contribution in [-0.2, 0) is 11.2 Å². The van der Waals surface area contributed by atoms with Gasteiger partial charge in [-0.2, -0.15) is 0 Å². The maximum absolute atomic E-state index is 12.1. The van der Waals surface area contributed by atoms with E-state index in [1.165, 1.54) is 6.26 Å². The Bertz CT molecular complexity index is 362. The number of carbonyl (C=O) groups excluding carboxylic acids is 1. The quantitative estimate of drug-likeness (QED) is 0.801. The van der Waals surface area contributed by atoms with E-state index in [1.807, 2.05) is 6.92 Å². The van der Waals surface area contributed by atoms with Crippen LogP contribution in [0.5, 0.6) is 0 Å². The lowest BCUT2D eigenvalue weighted by molar-refractivity contribution is 0.0762. The molecular formula is C12H20N2O3. The Morgan fingerprint density at radius 1 is 1.65 bits per heavy atom. The normalized spacial score (nSPS) is 12.5. The van der Waals surface area contributed by atoms with Crippen LogP contribution in [0.1, 0.15) is 23.0 Å². The van der Waals surface area contributed by atoms with Crippen LogP contribution in [0.3, 0.4) is 0 Å². The standard InChI is InChI=1S/C12H20N2O3/c1-4-11-10(5-6-17-11)12(15)14(2)7-9(13)8-16-3/h5-6,9H,4,7-8,13H2,1-3H3. The van der Waals surface area contributed by atoms with Gasteiger partial charge in [0.1, 0.15) is 5.76 Å². The average Bonchev–Trinajstić information content (AvgIpc) is 2.76. The Hall–Kier alpha value is -1.33. The summed E-state index contributed by atoms with van der Waals surface area (Å²) in [7, 11) is 3.32. The molecule has 0 aliphatic rings. The molecule has 1 unspecified atom stereocenters. The van der Waals surface area contributed by atoms with E-state index < -0.39 is 0 Å². The van der Waals surface area contributed by atoms with Crippen molar-refractivity contribution in [3.63, 3.8) is 0 Å². The van der Waals surface area contributed by atoms with Crippen LogP contribution in [0.2, 0.25) is 0 Å². The molecule has 0 spiro atoms. The van der Waals surface area contributed by atoms with Crippen molar-refractivity contribution < 1.29 is 13.9 Å². The van der Waals surface area contributed by atoms with Crippen molar-refractivity contribution in [3.8, 4) is 0 Å². The SMILES string of the molecule is CCc1occc1C(=O)N(C)CC(N)COC. The van der Waals surface area contributed by atoms with Gasteiger partial charge in [-0.1, -0.05) is 6.92 Å². The van der Waals surface area contributed by atoms with Gasteiger partial charge >= 0.3 is 0 Å². The highest BCUT2D eigenvalue weighted by atomic mass is 16.5. The molecule has 1 amide bonds. The van der Waals surface area contributed by atoms with E-state index in [0.29, 0.717) is 30.9 Å². The average molecular weight is 240 g/mol. The number of likely N-dealkylation sites (N-methyl/N-ethyl adjacent to an activating group) is 1. The van der Waals surface area contributed by atoms with E-state index in [0.717, 1.165) is 0 Å². The topological polar surface area (TPSA) is 68.7 Å². The third-order valence-corrected chi connectivity index (χ3v) is 2.53. The summed E-state index contributed by atoms with van der Waals surface area (Å²) in [5, 5.41) is 0. The predicted octanol–water partition coefficient (Wildman–Crippen LogP) is 0.888. The van der Waals surface area contributed by atoms with Crippen molar-refractivity contribution in [2.45, 2.75) is 19.4 Å². The Kier molecular flexibility index (Phi) is 5.18. The zero-order valence-corrected chi connectivity index (χ0v) is 10.6. The second-order valence-electron chi connectivity index (χ2n) is 4.01. The lowest BCUT2D eigenvalue weighted by atomic mass is 10.2. The minimum absolute atomic E-state index is 0.0675. The summed E-state index contributed by atoms with van der Waals surface area (Å²) in [6.07, 6.45) is 2.24. The summed E-state index contributed by atoms with van der Waals surface area (Å²) < 4.78 is 10.2. The van der Waals surface area contributed by atoms with Crippen LogP contribution in [0.25, 0.3) is 0 Å². The lowest BCUT2D eigenvalue weighted by Gasteiger charge is -2.20. The Balaban J connectivity index is 2.63. The molecule has 0 aliphatic carbocycles. The Morgan fingerprint density at radius 3 is 2.94 bits per heavy atom. The fourth-order valence-electron chi connectivity index (χ4n) is 1.71. The van der Waals surface area contributed by atoms with Gasteiger partial charge in [-0.05, 0) is 6.07 Å². The molecule has 5 heteroatoms. The first-order valence-corrected chi connectivity index (χ1v) is 5.66. The molecule has 0 radical (unpaired) electrons. The van der Waals surface area contributed by atoms with Crippen molar-refractivity contribution >= 4 is 5.91 Å². The molecule has 0 saturated carbocycles. The predicted molar refractivity (Wildman–Crippen MR) is 64.9 cm³/mol. The smallest absolute Gasteiger partial charge is 0.257 e. The van der Waals surface area contributed by atoms with Crippen molar-refractivity contribution in [1.82, 2.24) is 4.90 Å². The van der Waals surface area contributed by atoms with Gasteiger partial charge in [-0.15, -0.1) is 0 Å². The Morgan fingerprint density at radius 2 is 2.35 bits per heavy atom. The van der Waals surface area contributed by atoms with E-state index in [-0.39, 0.29) is 11.9 Å². The zero-order valence-electron chi connectivity index (χ0n) is 10.6. The molecule has 2 N–H and O–H groups in total. The van der Waals surface area contributed by atoms with Gasteiger partial charge in [0.2, 0.25) is 0 Å². The summed E-state index contributed by atoms with van der Waals surface area (Å²) in [4.78, 5) is 13.7. The summed E-state index contributed by atoms with van der Waals surface area (Å²) in [6.45, 7) is 2.84. The third kappa shape index (κ3) is 3.57. The fraction of sp³-hybridized carbons (Fsp3) is 0.583. The van der Waals surface area contributed by atoms with Gasteiger partial charge in [0.15, 0.2) is 0 Å². The Labute approximate surface area is 102 Å². The molecule has 1 rings (SSSR count). The molecule has 0 aromatic carbocycles. The molecular weight excluding hydrogens is 220 g/mol. The lowest BCUT2D eigenvalue weighted by Crippen LogP contribution is -2.41. The first-order chi connectivity index (χ1) is 8.10. The van der Waals surface area contributed by atoms with E-state index >= 15 is 0 Å². The molecule has 5 nitrogen and oxygen atoms in total. The second kappa shape index (κ2) is 6.42. The number of carbonyl (C=O) groups is 1. The molecule has 0 bridgehead atoms. The number of hydrogen-bond acceptors (Lipinski definition) is 4. The van der Waals surface area contributed by atoms with Gasteiger partial charge in [0, 0.05) is 33.2 Å². The number of nitrogens with two attached hydrogens (primary N) is 1. The number of ether oxygens (including phenoxy) is 1. The third-order valence-electron chi connectivity index (χ3n) is 2.53. The minimum atomic E-state index is -0.175. The van der Waals surface area contributed by atoms with Crippen LogP contribution in [-0.4, -0.2) is 44.2 Å². The maximum atomic E-state index is 12.1. The zero-order chi connectivity index (χ0) is 12.8. The first kappa shape index (κ1) is 13.7. The maximum Gasteiger partial charge on any atom is 0.257 e. The number of amides is 1. The summed E-state index contributed by atoms with van der Waals surface area (Å²) in [6, 6.07) is 1.52. The molecule has 1 aromatic rings. The summed E-state index contributed by atoms with van der Waals surface area (Å²) in [5.41, 5.74) is 6.42. The van der Waals surface area contributed by atoms with Crippen LogP contribution in [0.4, 0.5) is 0 Å². The van der Waals surface area contributed by atoms with Crippen molar-refractivity contribution in [3.05, 3.63) is 23.7 Å². The number of rotatable bonds is 6. The van der Waals surface area contributed by atoms with Gasteiger partial charge in [0.25, 0.3) is 5.91 Å². The molecule has 0 saturated heterocycles. The molecule has 0 fully saturated rings. The van der Waals surface area contributed by atoms with Gasteiger partial charge in [0.05, 0.1) is 18.4 Å². The summed E-state index contributed by atoms with van der Waals surface area (Å²) in [5.74, 6) is 0.643. The van der Waals surface area contributed by atoms with Crippen LogP contribution < -0.4 is 5.73 Å². The minimum Gasteiger partial charge on any atom is -0.469 e. The van der Waals surface area contributed by atoms with Crippen molar-refractivity contribution in [2.75, 3.05) is 27.3 Å². The largest absolute Gasteiger partial charge is 0.469 e. The molecule has 0 aliphatic heterocycles. The van der Waals surface area contributed by atoms with Crippen LogP contribution >= 0.6 is 0 Å². The fourth-order valence-corrected chi connectivity index (χ4v) is 1.71. The van der Waals surface area contributed by atoms with Gasteiger partial charge in [-0.25, -0.2) is 0 Å².